The number of amides is 1. The topological polar surface area (TPSA) is 29.1 Å². The van der Waals surface area contributed by atoms with Crippen LogP contribution in [0, 0.1) is 11.2 Å². The molecule has 1 N–H and O–H groups in total. The fourth-order valence-electron chi connectivity index (χ4n) is 1.57. The van der Waals surface area contributed by atoms with Gasteiger partial charge in [-0.05, 0) is 47.0 Å². The maximum Gasteiger partial charge on any atom is 0.252 e. The normalized spacial score (nSPS) is 16.6. The van der Waals surface area contributed by atoms with Gasteiger partial charge in [0.2, 0.25) is 0 Å². The van der Waals surface area contributed by atoms with Gasteiger partial charge in [-0.2, -0.15) is 0 Å². The van der Waals surface area contributed by atoms with E-state index in [-0.39, 0.29) is 17.1 Å². The summed E-state index contributed by atoms with van der Waals surface area (Å²) < 4.78 is 13.3. The molecule has 1 saturated carbocycles. The maximum absolute atomic E-state index is 12.9. The molecule has 1 fully saturated rings. The van der Waals surface area contributed by atoms with E-state index in [4.69, 9.17) is 11.6 Å². The van der Waals surface area contributed by atoms with Crippen molar-refractivity contribution in [2.24, 2.45) is 5.41 Å². The second-order valence-electron chi connectivity index (χ2n) is 4.44. The summed E-state index contributed by atoms with van der Waals surface area (Å²) in [6.45, 7) is 0.582. The smallest absolute Gasteiger partial charge is 0.252 e. The quantitative estimate of drug-likeness (QED) is 0.847. The first-order valence-electron chi connectivity index (χ1n) is 5.36. The van der Waals surface area contributed by atoms with Crippen molar-refractivity contribution in [3.63, 3.8) is 0 Å². The first kappa shape index (κ1) is 12.8. The number of hydrogen-bond donors (Lipinski definition) is 1. The van der Waals surface area contributed by atoms with Crippen molar-refractivity contribution >= 4 is 33.4 Å². The number of rotatable bonds is 4. The van der Waals surface area contributed by atoms with Gasteiger partial charge < -0.3 is 5.32 Å². The zero-order valence-corrected chi connectivity index (χ0v) is 11.4. The van der Waals surface area contributed by atoms with Crippen molar-refractivity contribution in [1.29, 1.82) is 0 Å². The van der Waals surface area contributed by atoms with Gasteiger partial charge in [-0.15, -0.1) is 11.6 Å². The molecule has 0 spiro atoms. The molecule has 1 aliphatic rings. The van der Waals surface area contributed by atoms with Crippen LogP contribution in [0.25, 0.3) is 0 Å². The molecule has 0 saturated heterocycles. The number of halogens is 3. The van der Waals surface area contributed by atoms with Crippen molar-refractivity contribution in [2.45, 2.75) is 12.8 Å². The summed E-state index contributed by atoms with van der Waals surface area (Å²) in [5.41, 5.74) is 0.528. The fourth-order valence-corrected chi connectivity index (χ4v) is 2.46. The Balaban J connectivity index is 2.00. The van der Waals surface area contributed by atoms with Crippen LogP contribution in [0.2, 0.25) is 0 Å². The van der Waals surface area contributed by atoms with Crippen LogP contribution in [0.4, 0.5) is 4.39 Å². The largest absolute Gasteiger partial charge is 0.351 e. The van der Waals surface area contributed by atoms with Crippen LogP contribution in [-0.2, 0) is 0 Å². The Morgan fingerprint density at radius 2 is 2.24 bits per heavy atom. The van der Waals surface area contributed by atoms with Gasteiger partial charge in [0.05, 0.1) is 5.56 Å². The zero-order valence-electron chi connectivity index (χ0n) is 9.10. The maximum atomic E-state index is 12.9. The van der Waals surface area contributed by atoms with E-state index in [0.29, 0.717) is 22.5 Å². The van der Waals surface area contributed by atoms with Crippen LogP contribution >= 0.6 is 27.5 Å². The highest BCUT2D eigenvalue weighted by atomic mass is 79.9. The molecular formula is C12H12BrClFNO. The summed E-state index contributed by atoms with van der Waals surface area (Å²) >= 11 is 9.00. The number of alkyl halides is 1. The molecule has 1 amide bonds. The number of carbonyl (C=O) groups is 1. The van der Waals surface area contributed by atoms with Gasteiger partial charge in [0.15, 0.2) is 0 Å². The minimum atomic E-state index is -0.368. The predicted octanol–water partition coefficient (Wildman–Crippen LogP) is 3.34. The van der Waals surface area contributed by atoms with E-state index in [9.17, 15) is 9.18 Å². The molecule has 0 radical (unpaired) electrons. The van der Waals surface area contributed by atoms with Crippen molar-refractivity contribution < 1.29 is 9.18 Å². The van der Waals surface area contributed by atoms with Gasteiger partial charge in [0.25, 0.3) is 5.91 Å². The summed E-state index contributed by atoms with van der Waals surface area (Å²) in [7, 11) is 0. The van der Waals surface area contributed by atoms with Gasteiger partial charge in [0.1, 0.15) is 5.82 Å². The van der Waals surface area contributed by atoms with Crippen LogP contribution in [-0.4, -0.2) is 18.3 Å². The highest BCUT2D eigenvalue weighted by Crippen LogP contribution is 2.45. The van der Waals surface area contributed by atoms with E-state index < -0.39 is 0 Å². The molecule has 0 unspecified atom stereocenters. The highest BCUT2D eigenvalue weighted by Gasteiger charge is 2.41. The molecule has 0 aliphatic heterocycles. The van der Waals surface area contributed by atoms with Gasteiger partial charge in [0, 0.05) is 22.3 Å². The average Bonchev–Trinajstić information content (AvgIpc) is 3.07. The van der Waals surface area contributed by atoms with Gasteiger partial charge in [-0.25, -0.2) is 4.39 Å². The minimum absolute atomic E-state index is 0.0870. The lowest BCUT2D eigenvalue weighted by Gasteiger charge is -2.13. The van der Waals surface area contributed by atoms with Gasteiger partial charge in [-0.1, -0.05) is 0 Å². The standard InChI is InChI=1S/C12H12BrClFNO/c13-10-5-8(15)1-2-9(10)11(17)16-7-12(6-14)3-4-12/h1-2,5H,3-4,6-7H2,(H,16,17). The number of nitrogens with one attached hydrogen (secondary N) is 1. The second kappa shape index (κ2) is 4.94. The van der Waals surface area contributed by atoms with Crippen LogP contribution in [0.5, 0.6) is 0 Å². The predicted molar refractivity (Wildman–Crippen MR) is 68.8 cm³/mol. The van der Waals surface area contributed by atoms with E-state index in [2.05, 4.69) is 21.2 Å². The summed E-state index contributed by atoms with van der Waals surface area (Å²) in [4.78, 5) is 11.9. The molecule has 2 nitrogen and oxygen atoms in total. The Kier molecular flexibility index (Phi) is 3.73. The highest BCUT2D eigenvalue weighted by molar-refractivity contribution is 9.10. The molecular weight excluding hydrogens is 308 g/mol. The molecule has 1 aromatic rings. The Morgan fingerprint density at radius 3 is 2.76 bits per heavy atom. The third kappa shape index (κ3) is 2.99. The monoisotopic (exact) mass is 319 g/mol. The Bertz CT molecular complexity index is 448. The molecule has 2 rings (SSSR count). The lowest BCUT2D eigenvalue weighted by atomic mass is 10.1. The molecule has 1 aliphatic carbocycles. The summed E-state index contributed by atoms with van der Waals surface area (Å²) in [6, 6.07) is 4.02. The SMILES string of the molecule is O=C(NCC1(CCl)CC1)c1ccc(F)cc1Br. The summed E-state index contributed by atoms with van der Waals surface area (Å²) in [6.07, 6.45) is 2.11. The molecule has 92 valence electrons. The van der Waals surface area contributed by atoms with Crippen LogP contribution in [0.1, 0.15) is 23.2 Å². The van der Waals surface area contributed by atoms with Gasteiger partial charge in [-0.3, -0.25) is 4.79 Å². The first-order valence-corrected chi connectivity index (χ1v) is 6.68. The zero-order chi connectivity index (χ0) is 12.5. The lowest BCUT2D eigenvalue weighted by molar-refractivity contribution is 0.0945. The van der Waals surface area contributed by atoms with Crippen molar-refractivity contribution in [2.75, 3.05) is 12.4 Å². The van der Waals surface area contributed by atoms with E-state index in [0.717, 1.165) is 12.8 Å². The Hall–Kier alpha value is -0.610. The van der Waals surface area contributed by atoms with Crippen molar-refractivity contribution in [3.05, 3.63) is 34.1 Å². The molecule has 0 heterocycles. The third-order valence-electron chi connectivity index (χ3n) is 3.04. The van der Waals surface area contributed by atoms with E-state index >= 15 is 0 Å². The van der Waals surface area contributed by atoms with Crippen LogP contribution in [0.3, 0.4) is 0 Å². The first-order chi connectivity index (χ1) is 8.06. The van der Waals surface area contributed by atoms with Gasteiger partial charge >= 0.3 is 0 Å². The van der Waals surface area contributed by atoms with E-state index in [1.807, 2.05) is 0 Å². The summed E-state index contributed by atoms with van der Waals surface area (Å²) in [5, 5.41) is 2.84. The molecule has 1 aromatic carbocycles. The number of hydrogen-bond acceptors (Lipinski definition) is 1. The lowest BCUT2D eigenvalue weighted by Crippen LogP contribution is -2.31. The number of carbonyl (C=O) groups excluding carboxylic acids is 1. The van der Waals surface area contributed by atoms with Crippen LogP contribution in [0.15, 0.2) is 22.7 Å². The molecule has 0 bridgehead atoms. The Labute approximate surface area is 113 Å². The Morgan fingerprint density at radius 1 is 1.53 bits per heavy atom. The summed E-state index contributed by atoms with van der Waals surface area (Å²) in [5.74, 6) is -0.00108. The third-order valence-corrected chi connectivity index (χ3v) is 4.26. The molecule has 17 heavy (non-hydrogen) atoms. The molecule has 0 aromatic heterocycles. The average molecular weight is 321 g/mol. The molecule has 5 heteroatoms. The molecule has 0 atom stereocenters. The second-order valence-corrected chi connectivity index (χ2v) is 5.56. The fraction of sp³-hybridized carbons (Fsp3) is 0.417. The van der Waals surface area contributed by atoms with E-state index in [1.54, 1.807) is 0 Å². The number of benzene rings is 1. The van der Waals surface area contributed by atoms with Crippen molar-refractivity contribution in [3.8, 4) is 0 Å². The minimum Gasteiger partial charge on any atom is -0.351 e. The van der Waals surface area contributed by atoms with E-state index in [1.165, 1.54) is 18.2 Å². The van der Waals surface area contributed by atoms with Crippen LogP contribution < -0.4 is 5.32 Å². The van der Waals surface area contributed by atoms with Crippen molar-refractivity contribution in [1.82, 2.24) is 5.32 Å².